The maximum absolute atomic E-state index is 11.3. The van der Waals surface area contributed by atoms with Gasteiger partial charge in [0.05, 0.1) is 17.2 Å². The Morgan fingerprint density at radius 3 is 2.79 bits per heavy atom. The SMILES string of the molecule is Cc1ccc(C(=O)O)c(N2CCCC(C(N)=O)C2)c1. The van der Waals surface area contributed by atoms with Crippen molar-refractivity contribution in [3.63, 3.8) is 0 Å². The number of primary amides is 1. The Kier molecular flexibility index (Phi) is 3.74. The minimum atomic E-state index is -0.948. The molecule has 1 heterocycles. The standard InChI is InChI=1S/C14H18N2O3/c1-9-4-5-11(14(18)19)12(7-9)16-6-2-3-10(8-16)13(15)17/h4-5,7,10H,2-3,6,8H2,1H3,(H2,15,17)(H,18,19). The van der Waals surface area contributed by atoms with Crippen LogP contribution in [0.15, 0.2) is 18.2 Å². The lowest BCUT2D eigenvalue weighted by atomic mass is 9.96. The number of benzene rings is 1. The molecule has 1 aliphatic rings. The fourth-order valence-electron chi connectivity index (χ4n) is 2.51. The Balaban J connectivity index is 2.32. The van der Waals surface area contributed by atoms with E-state index in [0.717, 1.165) is 24.9 Å². The molecule has 3 N–H and O–H groups in total. The molecule has 1 aliphatic heterocycles. The second-order valence-electron chi connectivity index (χ2n) is 5.01. The number of amides is 1. The smallest absolute Gasteiger partial charge is 0.337 e. The summed E-state index contributed by atoms with van der Waals surface area (Å²) in [6, 6.07) is 5.25. The van der Waals surface area contributed by atoms with Crippen molar-refractivity contribution in [2.45, 2.75) is 19.8 Å². The summed E-state index contributed by atoms with van der Waals surface area (Å²) in [5.74, 6) is -1.46. The van der Waals surface area contributed by atoms with Crippen LogP contribution in [-0.2, 0) is 4.79 Å². The number of piperidine rings is 1. The highest BCUT2D eigenvalue weighted by molar-refractivity contribution is 5.94. The van der Waals surface area contributed by atoms with Gasteiger partial charge in [-0.05, 0) is 37.5 Å². The molecule has 0 aromatic heterocycles. The first kappa shape index (κ1) is 13.4. The van der Waals surface area contributed by atoms with Crippen LogP contribution >= 0.6 is 0 Å². The molecule has 5 nitrogen and oxygen atoms in total. The number of carboxylic acid groups (broad SMARTS) is 1. The first-order chi connectivity index (χ1) is 8.99. The monoisotopic (exact) mass is 262 g/mol. The van der Waals surface area contributed by atoms with E-state index >= 15 is 0 Å². The van der Waals surface area contributed by atoms with Crippen molar-refractivity contribution in [1.82, 2.24) is 0 Å². The lowest BCUT2D eigenvalue weighted by Gasteiger charge is -2.34. The van der Waals surface area contributed by atoms with Crippen LogP contribution in [-0.4, -0.2) is 30.1 Å². The van der Waals surface area contributed by atoms with Gasteiger partial charge in [0.25, 0.3) is 0 Å². The van der Waals surface area contributed by atoms with Crippen molar-refractivity contribution >= 4 is 17.6 Å². The lowest BCUT2D eigenvalue weighted by Crippen LogP contribution is -2.41. The van der Waals surface area contributed by atoms with Gasteiger partial charge in [-0.15, -0.1) is 0 Å². The van der Waals surface area contributed by atoms with Crippen molar-refractivity contribution in [1.29, 1.82) is 0 Å². The van der Waals surface area contributed by atoms with E-state index in [0.29, 0.717) is 12.2 Å². The largest absolute Gasteiger partial charge is 0.478 e. The average Bonchev–Trinajstić information content (AvgIpc) is 2.38. The Bertz CT molecular complexity index is 513. The van der Waals surface area contributed by atoms with Gasteiger partial charge in [0.1, 0.15) is 0 Å². The Labute approximate surface area is 112 Å². The summed E-state index contributed by atoms with van der Waals surface area (Å²) in [6.07, 6.45) is 1.63. The molecule has 0 aliphatic carbocycles. The van der Waals surface area contributed by atoms with E-state index in [1.54, 1.807) is 12.1 Å². The molecule has 0 radical (unpaired) electrons. The quantitative estimate of drug-likeness (QED) is 0.862. The van der Waals surface area contributed by atoms with E-state index in [9.17, 15) is 14.7 Å². The normalized spacial score (nSPS) is 19.2. The third-order valence-electron chi connectivity index (χ3n) is 3.55. The molecular weight excluding hydrogens is 244 g/mol. The van der Waals surface area contributed by atoms with Crippen LogP contribution in [0.4, 0.5) is 5.69 Å². The van der Waals surface area contributed by atoms with E-state index < -0.39 is 5.97 Å². The molecule has 102 valence electrons. The number of carbonyl (C=O) groups is 2. The molecular formula is C14H18N2O3. The molecule has 0 bridgehead atoms. The lowest BCUT2D eigenvalue weighted by molar-refractivity contribution is -0.122. The highest BCUT2D eigenvalue weighted by Gasteiger charge is 2.26. The predicted octanol–water partition coefficient (Wildman–Crippen LogP) is 1.39. The van der Waals surface area contributed by atoms with E-state index in [2.05, 4.69) is 0 Å². The van der Waals surface area contributed by atoms with Gasteiger partial charge < -0.3 is 15.7 Å². The molecule has 0 spiro atoms. The number of anilines is 1. The van der Waals surface area contributed by atoms with Gasteiger partial charge in [0.2, 0.25) is 5.91 Å². The van der Waals surface area contributed by atoms with Gasteiger partial charge in [0, 0.05) is 13.1 Å². The third kappa shape index (κ3) is 2.86. The zero-order valence-electron chi connectivity index (χ0n) is 10.9. The third-order valence-corrected chi connectivity index (χ3v) is 3.55. The van der Waals surface area contributed by atoms with Gasteiger partial charge in [-0.2, -0.15) is 0 Å². The first-order valence-corrected chi connectivity index (χ1v) is 6.37. The van der Waals surface area contributed by atoms with Crippen LogP contribution in [0.1, 0.15) is 28.8 Å². The van der Waals surface area contributed by atoms with Crippen LogP contribution in [0.5, 0.6) is 0 Å². The Hall–Kier alpha value is -2.04. The van der Waals surface area contributed by atoms with E-state index in [1.807, 2.05) is 17.9 Å². The molecule has 1 saturated heterocycles. The fraction of sp³-hybridized carbons (Fsp3) is 0.429. The minimum Gasteiger partial charge on any atom is -0.478 e. The zero-order chi connectivity index (χ0) is 14.0. The predicted molar refractivity (Wildman–Crippen MR) is 72.3 cm³/mol. The molecule has 1 unspecified atom stereocenters. The van der Waals surface area contributed by atoms with Crippen LogP contribution in [0.25, 0.3) is 0 Å². The zero-order valence-corrected chi connectivity index (χ0v) is 10.9. The minimum absolute atomic E-state index is 0.198. The number of nitrogens with zero attached hydrogens (tertiary/aromatic N) is 1. The number of hydrogen-bond acceptors (Lipinski definition) is 3. The molecule has 1 amide bonds. The summed E-state index contributed by atoms with van der Waals surface area (Å²) in [5, 5.41) is 9.24. The van der Waals surface area contributed by atoms with Gasteiger partial charge in [-0.3, -0.25) is 4.79 Å². The molecule has 0 saturated carbocycles. The van der Waals surface area contributed by atoms with E-state index in [-0.39, 0.29) is 17.4 Å². The topological polar surface area (TPSA) is 83.6 Å². The van der Waals surface area contributed by atoms with Crippen molar-refractivity contribution < 1.29 is 14.7 Å². The molecule has 1 aromatic rings. The highest BCUT2D eigenvalue weighted by Crippen LogP contribution is 2.27. The molecule has 5 heteroatoms. The van der Waals surface area contributed by atoms with Crippen molar-refractivity contribution in [3.05, 3.63) is 29.3 Å². The summed E-state index contributed by atoms with van der Waals surface area (Å²) in [4.78, 5) is 24.5. The molecule has 19 heavy (non-hydrogen) atoms. The van der Waals surface area contributed by atoms with Crippen LogP contribution in [0, 0.1) is 12.8 Å². The Morgan fingerprint density at radius 2 is 2.16 bits per heavy atom. The maximum atomic E-state index is 11.3. The first-order valence-electron chi connectivity index (χ1n) is 6.37. The van der Waals surface area contributed by atoms with E-state index in [4.69, 9.17) is 5.73 Å². The number of rotatable bonds is 3. The van der Waals surface area contributed by atoms with Gasteiger partial charge in [0.15, 0.2) is 0 Å². The van der Waals surface area contributed by atoms with Gasteiger partial charge in [-0.1, -0.05) is 6.07 Å². The number of aromatic carboxylic acids is 1. The number of carboxylic acids is 1. The van der Waals surface area contributed by atoms with Crippen LogP contribution in [0.3, 0.4) is 0 Å². The van der Waals surface area contributed by atoms with E-state index in [1.165, 1.54) is 0 Å². The Morgan fingerprint density at radius 1 is 1.42 bits per heavy atom. The second kappa shape index (κ2) is 5.30. The average molecular weight is 262 g/mol. The summed E-state index contributed by atoms with van der Waals surface area (Å²) in [5.41, 5.74) is 7.31. The van der Waals surface area contributed by atoms with Gasteiger partial charge >= 0.3 is 5.97 Å². The number of hydrogen-bond donors (Lipinski definition) is 2. The molecule has 1 atom stereocenters. The number of aryl methyl sites for hydroxylation is 1. The van der Waals surface area contributed by atoms with Crippen molar-refractivity contribution in [2.24, 2.45) is 11.7 Å². The van der Waals surface area contributed by atoms with Gasteiger partial charge in [-0.25, -0.2) is 4.79 Å². The molecule has 2 rings (SSSR count). The number of carbonyl (C=O) groups excluding carboxylic acids is 1. The molecule has 1 aromatic carbocycles. The summed E-state index contributed by atoms with van der Waals surface area (Å²) >= 11 is 0. The van der Waals surface area contributed by atoms with Crippen LogP contribution < -0.4 is 10.6 Å². The summed E-state index contributed by atoms with van der Waals surface area (Å²) in [6.45, 7) is 3.18. The summed E-state index contributed by atoms with van der Waals surface area (Å²) in [7, 11) is 0. The second-order valence-corrected chi connectivity index (χ2v) is 5.01. The number of nitrogens with two attached hydrogens (primary N) is 1. The van der Waals surface area contributed by atoms with Crippen molar-refractivity contribution in [3.8, 4) is 0 Å². The highest BCUT2D eigenvalue weighted by atomic mass is 16.4. The summed E-state index contributed by atoms with van der Waals surface area (Å²) < 4.78 is 0. The molecule has 1 fully saturated rings. The van der Waals surface area contributed by atoms with Crippen molar-refractivity contribution in [2.75, 3.05) is 18.0 Å². The fourth-order valence-corrected chi connectivity index (χ4v) is 2.51. The van der Waals surface area contributed by atoms with Crippen LogP contribution in [0.2, 0.25) is 0 Å². The maximum Gasteiger partial charge on any atom is 0.337 e.